The molecule has 2 N–H and O–H groups in total. The number of methoxy groups -OCH3 is 1. The smallest absolute Gasteiger partial charge is 0.333 e. The molecular formula is C25H27N7O4. The largest absolute Gasteiger partial charge is 0.468 e. The summed E-state index contributed by atoms with van der Waals surface area (Å²) in [5.41, 5.74) is 5.96. The van der Waals surface area contributed by atoms with Crippen LogP contribution in [0.3, 0.4) is 0 Å². The Morgan fingerprint density at radius 1 is 1.25 bits per heavy atom. The topological polar surface area (TPSA) is 141 Å². The van der Waals surface area contributed by atoms with Gasteiger partial charge < -0.3 is 15.4 Å². The molecular weight excluding hydrogens is 462 g/mol. The van der Waals surface area contributed by atoms with Gasteiger partial charge in [0.1, 0.15) is 6.54 Å². The van der Waals surface area contributed by atoms with Crippen LogP contribution >= 0.6 is 0 Å². The number of imidazole rings is 1. The highest BCUT2D eigenvalue weighted by Crippen LogP contribution is 2.23. The van der Waals surface area contributed by atoms with E-state index in [1.807, 2.05) is 4.90 Å². The molecule has 1 unspecified atom stereocenters. The molecule has 36 heavy (non-hydrogen) atoms. The Bertz CT molecular complexity index is 1530. The van der Waals surface area contributed by atoms with E-state index in [-0.39, 0.29) is 30.3 Å². The molecule has 4 rings (SSSR count). The lowest BCUT2D eigenvalue weighted by Gasteiger charge is -2.31. The van der Waals surface area contributed by atoms with E-state index in [0.29, 0.717) is 30.2 Å². The van der Waals surface area contributed by atoms with Crippen LogP contribution in [0.4, 0.5) is 5.95 Å². The number of benzene rings is 1. The van der Waals surface area contributed by atoms with E-state index in [9.17, 15) is 19.6 Å². The fourth-order valence-electron chi connectivity index (χ4n) is 4.43. The lowest BCUT2D eigenvalue weighted by molar-refractivity contribution is -0.141. The first-order chi connectivity index (χ1) is 17.4. The molecule has 3 aromatic rings. The van der Waals surface area contributed by atoms with Crippen molar-refractivity contribution in [1.82, 2.24) is 18.7 Å². The molecule has 1 aliphatic heterocycles. The van der Waals surface area contributed by atoms with Crippen molar-refractivity contribution in [3.05, 3.63) is 56.2 Å². The first-order valence-corrected chi connectivity index (χ1v) is 11.6. The van der Waals surface area contributed by atoms with Gasteiger partial charge in [-0.1, -0.05) is 24.1 Å². The van der Waals surface area contributed by atoms with Gasteiger partial charge in [0.15, 0.2) is 11.2 Å². The van der Waals surface area contributed by atoms with Crippen LogP contribution < -0.4 is 21.9 Å². The molecule has 1 aliphatic rings. The van der Waals surface area contributed by atoms with Crippen molar-refractivity contribution in [1.29, 1.82) is 5.26 Å². The number of piperidine rings is 1. The third-order valence-electron chi connectivity index (χ3n) is 6.23. The minimum Gasteiger partial charge on any atom is -0.468 e. The number of ether oxygens (including phenoxy) is 1. The van der Waals surface area contributed by atoms with E-state index in [4.69, 9.17) is 10.5 Å². The van der Waals surface area contributed by atoms with Crippen LogP contribution in [0.1, 0.15) is 30.9 Å². The van der Waals surface area contributed by atoms with Gasteiger partial charge in [0.2, 0.25) is 5.95 Å². The van der Waals surface area contributed by atoms with Crippen LogP contribution in [0.15, 0.2) is 33.9 Å². The number of nitrogens with zero attached hydrogens (tertiary/aromatic N) is 6. The Labute approximate surface area is 207 Å². The van der Waals surface area contributed by atoms with Gasteiger partial charge >= 0.3 is 11.7 Å². The van der Waals surface area contributed by atoms with Gasteiger partial charge in [0.25, 0.3) is 5.56 Å². The predicted molar refractivity (Wildman–Crippen MR) is 133 cm³/mol. The number of carbonyl (C=O) groups is 1. The van der Waals surface area contributed by atoms with E-state index in [1.165, 1.54) is 7.11 Å². The number of hydrogen-bond acceptors (Lipinski definition) is 8. The van der Waals surface area contributed by atoms with Crippen molar-refractivity contribution in [2.24, 2.45) is 5.73 Å². The van der Waals surface area contributed by atoms with E-state index < -0.39 is 23.8 Å². The molecule has 0 amide bonds. The highest BCUT2D eigenvalue weighted by atomic mass is 16.5. The first kappa shape index (κ1) is 24.8. The summed E-state index contributed by atoms with van der Waals surface area (Å²) in [5.74, 6) is 5.62. The van der Waals surface area contributed by atoms with E-state index in [1.54, 1.807) is 35.8 Å². The lowest BCUT2D eigenvalue weighted by atomic mass is 10.1. The van der Waals surface area contributed by atoms with Crippen LogP contribution in [-0.4, -0.2) is 50.9 Å². The second-order valence-corrected chi connectivity index (χ2v) is 8.55. The SMILES string of the molecule is CC#CCn1c(N2CCCC(N)C2)nc2c1c(=O)n(Cc1ccccc1C#N)c(=O)n2CC(=O)OC. The molecule has 3 heterocycles. The summed E-state index contributed by atoms with van der Waals surface area (Å²) in [4.78, 5) is 46.2. The number of fused-ring (bicyclic) bond motifs is 1. The van der Waals surface area contributed by atoms with Gasteiger partial charge in [-0.15, -0.1) is 5.92 Å². The molecule has 2 aromatic heterocycles. The third kappa shape index (κ3) is 4.61. The zero-order valence-corrected chi connectivity index (χ0v) is 20.2. The van der Waals surface area contributed by atoms with Crippen LogP contribution in [-0.2, 0) is 29.2 Å². The molecule has 1 atom stereocenters. The number of hydrogen-bond donors (Lipinski definition) is 1. The van der Waals surface area contributed by atoms with Crippen LogP contribution in [0.2, 0.25) is 0 Å². The van der Waals surface area contributed by atoms with Gasteiger partial charge in [0.05, 0.1) is 31.8 Å². The number of nitriles is 1. The molecule has 186 valence electrons. The van der Waals surface area contributed by atoms with Crippen molar-refractivity contribution < 1.29 is 9.53 Å². The van der Waals surface area contributed by atoms with Gasteiger partial charge in [-0.3, -0.25) is 23.3 Å². The molecule has 11 heteroatoms. The number of anilines is 1. The summed E-state index contributed by atoms with van der Waals surface area (Å²) >= 11 is 0. The maximum absolute atomic E-state index is 13.8. The summed E-state index contributed by atoms with van der Waals surface area (Å²) in [6.45, 7) is 2.50. The fraction of sp³-hybridized carbons (Fsp3) is 0.400. The van der Waals surface area contributed by atoms with E-state index >= 15 is 0 Å². The molecule has 0 bridgehead atoms. The maximum Gasteiger partial charge on any atom is 0.333 e. The standard InChI is InChI=1S/C25H27N7O4/c1-3-4-12-30-21-22(28-24(30)29-11-7-10-19(27)15-29)31(16-20(33)36-2)25(35)32(23(21)34)14-18-9-6-5-8-17(18)13-26/h5-6,8-9,19H,7,10-12,14-16,27H2,1-2H3. The molecule has 1 aromatic carbocycles. The van der Waals surface area contributed by atoms with Crippen LogP contribution in [0.5, 0.6) is 0 Å². The van der Waals surface area contributed by atoms with Crippen LogP contribution in [0, 0.1) is 23.2 Å². The highest BCUT2D eigenvalue weighted by molar-refractivity contribution is 5.77. The summed E-state index contributed by atoms with van der Waals surface area (Å²) in [6, 6.07) is 8.76. The number of rotatable bonds is 6. The van der Waals surface area contributed by atoms with Crippen molar-refractivity contribution in [3.8, 4) is 17.9 Å². The quantitative estimate of drug-likeness (QED) is 0.388. The first-order valence-electron chi connectivity index (χ1n) is 11.6. The summed E-state index contributed by atoms with van der Waals surface area (Å²) in [7, 11) is 1.22. The van der Waals surface area contributed by atoms with E-state index in [0.717, 1.165) is 22.0 Å². The molecule has 0 spiro atoms. The predicted octanol–water partition coefficient (Wildman–Crippen LogP) is 0.403. The summed E-state index contributed by atoms with van der Waals surface area (Å²) in [6.07, 6.45) is 1.73. The minimum atomic E-state index is -0.723. The Kier molecular flexibility index (Phi) is 7.23. The third-order valence-corrected chi connectivity index (χ3v) is 6.23. The van der Waals surface area contributed by atoms with Crippen molar-refractivity contribution in [2.45, 2.75) is 45.4 Å². The zero-order chi connectivity index (χ0) is 25.8. The Balaban J connectivity index is 2.02. The van der Waals surface area contributed by atoms with Crippen molar-refractivity contribution in [3.63, 3.8) is 0 Å². The average molecular weight is 490 g/mol. The van der Waals surface area contributed by atoms with Gasteiger partial charge in [0, 0.05) is 19.1 Å². The van der Waals surface area contributed by atoms with Crippen molar-refractivity contribution in [2.75, 3.05) is 25.1 Å². The molecule has 0 saturated carbocycles. The lowest BCUT2D eigenvalue weighted by Crippen LogP contribution is -2.44. The Morgan fingerprint density at radius 2 is 2.03 bits per heavy atom. The average Bonchev–Trinajstić information content (AvgIpc) is 3.27. The van der Waals surface area contributed by atoms with Gasteiger partial charge in [-0.05, 0) is 31.4 Å². The minimum absolute atomic E-state index is 0.0549. The Morgan fingerprint density at radius 3 is 2.72 bits per heavy atom. The van der Waals surface area contributed by atoms with Crippen LogP contribution in [0.25, 0.3) is 11.2 Å². The summed E-state index contributed by atoms with van der Waals surface area (Å²) < 4.78 is 8.63. The molecule has 1 saturated heterocycles. The maximum atomic E-state index is 13.8. The zero-order valence-electron chi connectivity index (χ0n) is 20.2. The number of nitrogens with two attached hydrogens (primary N) is 1. The van der Waals surface area contributed by atoms with Gasteiger partial charge in [-0.2, -0.15) is 10.2 Å². The number of esters is 1. The molecule has 0 aliphatic carbocycles. The molecule has 11 nitrogen and oxygen atoms in total. The fourth-order valence-corrected chi connectivity index (χ4v) is 4.43. The summed E-state index contributed by atoms with van der Waals surface area (Å²) in [5, 5.41) is 9.50. The highest BCUT2D eigenvalue weighted by Gasteiger charge is 2.27. The molecule has 0 radical (unpaired) electrons. The van der Waals surface area contributed by atoms with E-state index in [2.05, 4.69) is 22.9 Å². The second-order valence-electron chi connectivity index (χ2n) is 8.55. The monoisotopic (exact) mass is 489 g/mol. The number of carbonyl (C=O) groups excluding carboxylic acids is 1. The normalized spacial score (nSPS) is 15.3. The van der Waals surface area contributed by atoms with Gasteiger partial charge in [-0.25, -0.2) is 4.79 Å². The second kappa shape index (κ2) is 10.5. The Hall–Kier alpha value is -4.35. The van der Waals surface area contributed by atoms with Crippen molar-refractivity contribution >= 4 is 23.1 Å². The molecule has 1 fully saturated rings. The number of aromatic nitrogens is 4.